The van der Waals surface area contributed by atoms with Crippen molar-refractivity contribution in [3.63, 3.8) is 0 Å². The second-order valence-corrected chi connectivity index (χ2v) is 35.3. The minimum absolute atomic E-state index is 0.00595. The van der Waals surface area contributed by atoms with Gasteiger partial charge in [0.25, 0.3) is 15.9 Å². The van der Waals surface area contributed by atoms with Gasteiger partial charge in [-0.3, -0.25) is 33.8 Å². The van der Waals surface area contributed by atoms with Crippen LogP contribution in [0, 0.1) is 35.5 Å². The van der Waals surface area contributed by atoms with Crippen molar-refractivity contribution in [2.45, 2.75) is 167 Å². The SMILES string of the molecule is Cc1cc(S(=O)(=O)NC(=O)c2ccc(N3CCN(CC4=C(C56CC(C)(C5)C6)CC(C)(C)CC4)CC3)cc2)ccc1N[C@H](CCN1CCN(C(=O)NCCOCCOCCNC(=O)CCC(=O)N[C@H](C(=O)N2C[C@H](O)C[C@H]2C(=O)N[C@@H](C)c2ccc(-c3ocnc3C)cc2)C(C)(C)C)CC1)CSc1ccccc1. The molecular weight excluding hydrogens is 1400 g/mol. The smallest absolute Gasteiger partial charge is 0.317 e. The van der Waals surface area contributed by atoms with Crippen LogP contribution in [0.25, 0.3) is 11.3 Å². The number of aliphatic hydroxyl groups is 1. The first-order chi connectivity index (χ1) is 51.0. The van der Waals surface area contributed by atoms with E-state index in [0.717, 1.165) is 90.1 Å². The van der Waals surface area contributed by atoms with Gasteiger partial charge in [0, 0.05) is 144 Å². The summed E-state index contributed by atoms with van der Waals surface area (Å²) in [6.45, 7) is 27.9. The van der Waals surface area contributed by atoms with Crippen molar-refractivity contribution in [3.8, 4) is 11.3 Å². The molecule has 7 amide bonds. The van der Waals surface area contributed by atoms with Crippen LogP contribution in [0.4, 0.5) is 16.2 Å². The molecule has 580 valence electrons. The number of sulfonamides is 1. The summed E-state index contributed by atoms with van der Waals surface area (Å²) in [4.78, 5) is 96.3. The number of hydrogen-bond donors (Lipinski definition) is 7. The largest absolute Gasteiger partial charge is 0.443 e. The molecule has 6 fully saturated rings. The maximum absolute atomic E-state index is 14.1. The van der Waals surface area contributed by atoms with Gasteiger partial charge in [0.2, 0.25) is 23.6 Å². The summed E-state index contributed by atoms with van der Waals surface area (Å²) < 4.78 is 46.7. The van der Waals surface area contributed by atoms with Gasteiger partial charge in [-0.25, -0.2) is 22.9 Å². The topological polar surface area (TPSA) is 290 Å². The lowest BCUT2D eigenvalue weighted by molar-refractivity contribution is -0.167. The Balaban J connectivity index is 0.541. The van der Waals surface area contributed by atoms with Gasteiger partial charge in [0.1, 0.15) is 12.1 Å². The van der Waals surface area contributed by atoms with Crippen molar-refractivity contribution in [2.24, 2.45) is 21.7 Å². The van der Waals surface area contributed by atoms with Crippen LogP contribution < -0.4 is 36.2 Å². The minimum atomic E-state index is -4.20. The summed E-state index contributed by atoms with van der Waals surface area (Å²) in [6, 6.07) is 27.3. The third-order valence-corrected chi connectivity index (χ3v) is 24.8. The number of aliphatic hydroxyl groups excluding tert-OH is 1. The molecule has 3 saturated carbocycles. The Kier molecular flexibility index (Phi) is 26.4. The van der Waals surface area contributed by atoms with E-state index in [4.69, 9.17) is 13.9 Å². The Morgan fingerprint density at radius 3 is 2.08 bits per heavy atom. The lowest BCUT2D eigenvalue weighted by Gasteiger charge is -2.72. The summed E-state index contributed by atoms with van der Waals surface area (Å²) in [7, 11) is -4.20. The standard InChI is InChI=1S/C81H112N12O12S2/c1-55-45-66(107(101,102)88-74(97)60-19-21-63(22-20-60)91-37-35-90(36-38-91)48-61-27-29-79(7,8)47-67(61)81-51-80(9,52-81)53-81)23-24-68(55)86-62(50-106-65-13-11-10-12-14-65)28-32-89-33-39-92(40-34-89)77(100)83-31-42-104-44-43-103-41-30-82-70(95)25-26-71(96)87-73(78(4,5)6)76(99)93-49-64(94)46-69(93)75(98)85-56(2)58-15-17-59(18-16-58)72-57(3)84-54-105-72/h10-24,45,54,56,62,64,69,73,86,94H,25-44,46-53H2,1-9H3,(H,82,95)(H,83,100)(H,85,98)(H,87,96)(H,88,97)/t56-,62+,64+,69-,73+,80?,81?/m0/s1. The van der Waals surface area contributed by atoms with Crippen LogP contribution >= 0.6 is 11.8 Å². The second-order valence-electron chi connectivity index (χ2n) is 32.5. The van der Waals surface area contributed by atoms with E-state index in [-0.39, 0.29) is 87.2 Å². The van der Waals surface area contributed by atoms with Crippen LogP contribution in [0.5, 0.6) is 0 Å². The number of nitrogens with zero attached hydrogens (tertiary/aromatic N) is 6. The summed E-state index contributed by atoms with van der Waals surface area (Å²) >= 11 is 1.75. The number of likely N-dealkylation sites (tertiary alicyclic amines) is 1. The van der Waals surface area contributed by atoms with Crippen LogP contribution in [0.3, 0.4) is 0 Å². The fourth-order valence-electron chi connectivity index (χ4n) is 16.3. The van der Waals surface area contributed by atoms with Gasteiger partial charge < -0.3 is 60.3 Å². The lowest BCUT2D eigenvalue weighted by atomic mass is 9.33. The first-order valence-corrected chi connectivity index (χ1v) is 40.7. The molecule has 0 spiro atoms. The van der Waals surface area contributed by atoms with Gasteiger partial charge >= 0.3 is 6.03 Å². The highest BCUT2D eigenvalue weighted by Crippen LogP contribution is 2.77. The number of amides is 7. The Labute approximate surface area is 636 Å². The molecule has 7 N–H and O–H groups in total. The first kappa shape index (κ1) is 80.2. The fraction of sp³-hybridized carbons (Fsp3) is 0.568. The Bertz CT molecular complexity index is 4040. The van der Waals surface area contributed by atoms with Crippen LogP contribution in [0.2, 0.25) is 0 Å². The predicted molar refractivity (Wildman–Crippen MR) is 415 cm³/mol. The number of β-amino-alcohol motifs (C(OH)–C–C–N with tert-alkyl or cyclic N) is 1. The molecule has 12 rings (SSSR count). The summed E-state index contributed by atoms with van der Waals surface area (Å²) in [5, 5.41) is 25.9. The van der Waals surface area contributed by atoms with Gasteiger partial charge in [-0.05, 0) is 153 Å². The molecule has 5 aromatic rings. The third-order valence-electron chi connectivity index (χ3n) is 22.2. The number of rotatable bonds is 33. The molecule has 4 aromatic carbocycles. The lowest BCUT2D eigenvalue weighted by Crippen LogP contribution is -2.61. The van der Waals surface area contributed by atoms with Crippen LogP contribution in [-0.4, -0.2) is 215 Å². The van der Waals surface area contributed by atoms with Crippen LogP contribution in [0.1, 0.15) is 146 Å². The number of carbonyl (C=O) groups is 6. The zero-order valence-corrected chi connectivity index (χ0v) is 65.6. The Morgan fingerprint density at radius 2 is 1.44 bits per heavy atom. The Hall–Kier alpha value is -7.85. The van der Waals surface area contributed by atoms with E-state index in [1.807, 2.05) is 75.4 Å². The van der Waals surface area contributed by atoms with Crippen molar-refractivity contribution in [1.82, 2.24) is 50.6 Å². The van der Waals surface area contributed by atoms with Gasteiger partial charge in [-0.15, -0.1) is 11.8 Å². The number of carbonyl (C=O) groups excluding carboxylic acids is 6. The molecule has 4 aliphatic carbocycles. The highest BCUT2D eigenvalue weighted by atomic mass is 32.2. The maximum Gasteiger partial charge on any atom is 0.317 e. The van der Waals surface area contributed by atoms with Crippen LogP contribution in [0.15, 0.2) is 129 Å². The predicted octanol–water partition coefficient (Wildman–Crippen LogP) is 9.49. The molecule has 24 nitrogen and oxygen atoms in total. The molecule has 7 aliphatic rings. The van der Waals surface area contributed by atoms with Gasteiger partial charge in [-0.1, -0.05) is 95.2 Å². The maximum atomic E-state index is 14.1. The number of aromatic nitrogens is 1. The van der Waals surface area contributed by atoms with E-state index in [1.54, 1.807) is 78.9 Å². The molecule has 3 saturated heterocycles. The number of anilines is 2. The van der Waals surface area contributed by atoms with E-state index in [2.05, 4.69) is 83.9 Å². The number of aryl methyl sites for hydroxylation is 2. The first-order valence-electron chi connectivity index (χ1n) is 38.2. The average molecular weight is 1510 g/mol. The Morgan fingerprint density at radius 1 is 0.776 bits per heavy atom. The van der Waals surface area contributed by atoms with E-state index < -0.39 is 63.3 Å². The van der Waals surface area contributed by atoms with Crippen molar-refractivity contribution < 1.29 is 56.2 Å². The number of nitrogens with one attached hydrogen (secondary N) is 6. The van der Waals surface area contributed by atoms with E-state index in [0.29, 0.717) is 54.7 Å². The number of thioether (sulfide) groups is 1. The van der Waals surface area contributed by atoms with Gasteiger partial charge in [0.15, 0.2) is 12.2 Å². The number of benzene rings is 4. The molecule has 2 bridgehead atoms. The van der Waals surface area contributed by atoms with E-state index in [1.165, 1.54) is 49.8 Å². The van der Waals surface area contributed by atoms with E-state index in [9.17, 15) is 42.3 Å². The highest BCUT2D eigenvalue weighted by Gasteiger charge is 2.67. The van der Waals surface area contributed by atoms with Gasteiger partial charge in [0.05, 0.1) is 49.2 Å². The van der Waals surface area contributed by atoms with Crippen molar-refractivity contribution in [1.29, 1.82) is 0 Å². The quantitative estimate of drug-likeness (QED) is 0.0117. The van der Waals surface area contributed by atoms with Crippen molar-refractivity contribution in [2.75, 3.05) is 127 Å². The average Bonchev–Trinajstić information content (AvgIpc) is 0.940. The van der Waals surface area contributed by atoms with E-state index >= 15 is 0 Å². The minimum Gasteiger partial charge on any atom is -0.443 e. The number of allylic oxidation sites excluding steroid dienone is 1. The highest BCUT2D eigenvalue weighted by molar-refractivity contribution is 7.99. The molecule has 3 aliphatic heterocycles. The normalized spacial score (nSPS) is 21.9. The molecule has 5 atom stereocenters. The molecule has 107 heavy (non-hydrogen) atoms. The zero-order valence-electron chi connectivity index (χ0n) is 63.9. The monoisotopic (exact) mass is 1510 g/mol. The third kappa shape index (κ3) is 21.1. The number of ether oxygens (including phenoxy) is 2. The molecule has 4 heterocycles. The fourth-order valence-corrected chi connectivity index (χ4v) is 18.3. The number of oxazole rings is 1. The molecule has 26 heteroatoms. The molecule has 0 radical (unpaired) electrons. The zero-order chi connectivity index (χ0) is 76.3. The molecule has 1 aromatic heterocycles. The van der Waals surface area contributed by atoms with Crippen molar-refractivity contribution >= 4 is 68.7 Å². The van der Waals surface area contributed by atoms with Crippen molar-refractivity contribution in [3.05, 3.63) is 137 Å². The molecule has 0 unspecified atom stereocenters. The summed E-state index contributed by atoms with van der Waals surface area (Å²) in [5.74, 6) is -1.07. The van der Waals surface area contributed by atoms with Crippen LogP contribution in [-0.2, 0) is 38.7 Å². The molecular formula is C81H112N12O12S2. The number of hydrogen-bond acceptors (Lipinski definition) is 18. The second kappa shape index (κ2) is 35.2. The number of piperazine rings is 2. The number of urea groups is 1. The summed E-state index contributed by atoms with van der Waals surface area (Å²) in [5.41, 5.74) is 9.46. The summed E-state index contributed by atoms with van der Waals surface area (Å²) in [6.07, 6.45) is 8.82. The van der Waals surface area contributed by atoms with Gasteiger partial charge in [-0.2, -0.15) is 0 Å².